The van der Waals surface area contributed by atoms with E-state index >= 15 is 4.39 Å². The van der Waals surface area contributed by atoms with Crippen LogP contribution in [0.2, 0.25) is 0 Å². The summed E-state index contributed by atoms with van der Waals surface area (Å²) in [5.74, 6) is 1.21. The minimum absolute atomic E-state index is 0.0337. The monoisotopic (exact) mass is 486 g/mol. The van der Waals surface area contributed by atoms with Crippen LogP contribution >= 0.6 is 0 Å². The number of aldehydes is 1. The molecule has 2 aliphatic rings. The highest BCUT2D eigenvalue weighted by Gasteiger charge is 2.34. The Balaban J connectivity index is 1.57. The van der Waals surface area contributed by atoms with Gasteiger partial charge in [0.1, 0.15) is 29.4 Å². The molecule has 1 saturated heterocycles. The van der Waals surface area contributed by atoms with E-state index in [1.54, 1.807) is 18.3 Å². The number of rotatable bonds is 6. The van der Waals surface area contributed by atoms with E-state index in [-0.39, 0.29) is 29.6 Å². The van der Waals surface area contributed by atoms with Crippen LogP contribution in [0, 0.1) is 17.7 Å². The van der Waals surface area contributed by atoms with Crippen molar-refractivity contribution in [3.8, 4) is 23.0 Å². The number of nitrogens with zero attached hydrogens (tertiary/aromatic N) is 4. The Morgan fingerprint density at radius 1 is 1.19 bits per heavy atom. The molecule has 2 unspecified atom stereocenters. The molecule has 184 valence electrons. The zero-order valence-electron chi connectivity index (χ0n) is 20.1. The predicted molar refractivity (Wildman–Crippen MR) is 136 cm³/mol. The first-order valence-corrected chi connectivity index (χ1v) is 12.5. The number of phenols is 1. The average Bonchev–Trinajstić information content (AvgIpc) is 3.23. The number of hydrogen-bond acceptors (Lipinski definition) is 7. The van der Waals surface area contributed by atoms with Gasteiger partial charge in [0.25, 0.3) is 0 Å². The zero-order chi connectivity index (χ0) is 24.8. The summed E-state index contributed by atoms with van der Waals surface area (Å²) in [5, 5.41) is 12.6. The second-order valence-electron chi connectivity index (χ2n) is 9.80. The first-order valence-electron chi connectivity index (χ1n) is 12.5. The maximum absolute atomic E-state index is 16.3. The molecule has 0 amide bonds. The maximum Gasteiger partial charge on any atom is 0.319 e. The number of fused-ring (bicyclic) bond motifs is 4. The second kappa shape index (κ2) is 9.00. The van der Waals surface area contributed by atoms with E-state index in [4.69, 9.17) is 4.74 Å². The molecule has 1 aliphatic heterocycles. The fourth-order valence-electron chi connectivity index (χ4n) is 5.98. The first-order chi connectivity index (χ1) is 17.6. The number of aromatic nitrogens is 3. The van der Waals surface area contributed by atoms with Crippen molar-refractivity contribution in [1.29, 1.82) is 0 Å². The minimum Gasteiger partial charge on any atom is -0.508 e. The van der Waals surface area contributed by atoms with Gasteiger partial charge in [0, 0.05) is 24.8 Å². The van der Waals surface area contributed by atoms with Gasteiger partial charge in [-0.05, 0) is 66.0 Å². The zero-order valence-corrected chi connectivity index (χ0v) is 20.1. The van der Waals surface area contributed by atoms with Gasteiger partial charge in [-0.2, -0.15) is 9.97 Å². The molecule has 2 aromatic heterocycles. The molecule has 3 heterocycles. The van der Waals surface area contributed by atoms with Crippen molar-refractivity contribution in [3.63, 3.8) is 0 Å². The Hall–Kier alpha value is -3.81. The fraction of sp³-hybridized carbons (Fsp3) is 0.357. The lowest BCUT2D eigenvalue weighted by atomic mass is 9.95. The van der Waals surface area contributed by atoms with Crippen molar-refractivity contribution in [2.45, 2.75) is 32.6 Å². The smallest absolute Gasteiger partial charge is 0.319 e. The van der Waals surface area contributed by atoms with E-state index in [1.165, 1.54) is 19.3 Å². The maximum atomic E-state index is 16.3. The van der Waals surface area contributed by atoms with Crippen LogP contribution in [0.1, 0.15) is 31.7 Å². The number of carbonyl (C=O) groups excluding carboxylic acids is 1. The number of piperidine rings is 1. The largest absolute Gasteiger partial charge is 0.508 e. The summed E-state index contributed by atoms with van der Waals surface area (Å²) in [7, 11) is 0. The highest BCUT2D eigenvalue weighted by atomic mass is 19.1. The molecule has 0 radical (unpaired) electrons. The van der Waals surface area contributed by atoms with Gasteiger partial charge in [-0.3, -0.25) is 9.78 Å². The number of halogens is 1. The average molecular weight is 487 g/mol. The number of phenolic OH excluding ortho intramolecular Hbond substituents is 1. The van der Waals surface area contributed by atoms with Gasteiger partial charge >= 0.3 is 6.01 Å². The molecule has 2 bridgehead atoms. The third kappa shape index (κ3) is 3.81. The summed E-state index contributed by atoms with van der Waals surface area (Å²) < 4.78 is 21.7. The fourth-order valence-corrected chi connectivity index (χ4v) is 5.98. The third-order valence-corrected chi connectivity index (χ3v) is 7.51. The number of benzene rings is 2. The molecular weight excluding hydrogens is 459 g/mol. The molecule has 7 nitrogen and oxygen atoms in total. The van der Waals surface area contributed by atoms with Crippen LogP contribution in [0.3, 0.4) is 0 Å². The molecule has 2 atom stereocenters. The summed E-state index contributed by atoms with van der Waals surface area (Å²) in [6.07, 6.45) is 6.59. The molecule has 1 N–H and O–H groups in total. The highest BCUT2D eigenvalue weighted by molar-refractivity contribution is 6.01. The van der Waals surface area contributed by atoms with E-state index in [1.807, 2.05) is 25.1 Å². The first kappa shape index (κ1) is 22.6. The summed E-state index contributed by atoms with van der Waals surface area (Å²) in [5.41, 5.74) is 1.74. The lowest BCUT2D eigenvalue weighted by molar-refractivity contribution is -0.109. The van der Waals surface area contributed by atoms with E-state index < -0.39 is 5.82 Å². The molecule has 2 aromatic carbocycles. The van der Waals surface area contributed by atoms with Gasteiger partial charge in [-0.25, -0.2) is 4.39 Å². The quantitative estimate of drug-likeness (QED) is 0.381. The number of anilines is 1. The number of aromatic hydroxyl groups is 1. The predicted octanol–water partition coefficient (Wildman–Crippen LogP) is 5.07. The summed E-state index contributed by atoms with van der Waals surface area (Å²) in [4.78, 5) is 26.6. The molecular formula is C28H27FN4O3. The van der Waals surface area contributed by atoms with Crippen molar-refractivity contribution in [2.24, 2.45) is 11.8 Å². The molecule has 36 heavy (non-hydrogen) atoms. The van der Waals surface area contributed by atoms with Gasteiger partial charge in [-0.15, -0.1) is 0 Å². The van der Waals surface area contributed by atoms with Crippen molar-refractivity contribution in [2.75, 3.05) is 24.6 Å². The SMILES string of the molecule is CCc1cccc2cc(O)cc(-c3ncc4c(N5CC6CCC(C6)C5)nc(OCC=O)nc4c3F)c12. The summed E-state index contributed by atoms with van der Waals surface area (Å²) >= 11 is 0. The van der Waals surface area contributed by atoms with E-state index in [0.29, 0.717) is 34.9 Å². The summed E-state index contributed by atoms with van der Waals surface area (Å²) in [6, 6.07) is 9.01. The van der Waals surface area contributed by atoms with E-state index in [2.05, 4.69) is 19.9 Å². The van der Waals surface area contributed by atoms with Crippen LogP contribution in [0.25, 0.3) is 32.9 Å². The van der Waals surface area contributed by atoms with Gasteiger partial charge in [-0.1, -0.05) is 25.1 Å². The van der Waals surface area contributed by atoms with Gasteiger partial charge in [0.05, 0.1) is 5.39 Å². The third-order valence-electron chi connectivity index (χ3n) is 7.51. The van der Waals surface area contributed by atoms with Crippen molar-refractivity contribution < 1.29 is 19.0 Å². The van der Waals surface area contributed by atoms with Crippen LogP contribution in [0.4, 0.5) is 10.2 Å². The Labute approximate surface area is 208 Å². The van der Waals surface area contributed by atoms with Crippen molar-refractivity contribution in [3.05, 3.63) is 47.9 Å². The Morgan fingerprint density at radius 3 is 2.75 bits per heavy atom. The van der Waals surface area contributed by atoms with Crippen molar-refractivity contribution in [1.82, 2.24) is 15.0 Å². The number of hydrogen-bond donors (Lipinski definition) is 1. The normalized spacial score (nSPS) is 19.2. The summed E-state index contributed by atoms with van der Waals surface area (Å²) in [6.45, 7) is 3.51. The number of aryl methyl sites for hydroxylation is 1. The van der Waals surface area contributed by atoms with Gasteiger partial charge < -0.3 is 14.7 Å². The Morgan fingerprint density at radius 2 is 2.00 bits per heavy atom. The van der Waals surface area contributed by atoms with Crippen LogP contribution in [-0.2, 0) is 11.2 Å². The lowest BCUT2D eigenvalue weighted by Crippen LogP contribution is -2.37. The standard InChI is InChI=1S/C28H27FN4O3/c1-2-18-4-3-5-19-11-20(35)12-21(23(18)19)25-24(29)26-22(13-30-25)27(32-28(31-26)36-9-8-34)33-14-16-6-7-17(10-16)15-33/h3-5,8,11-13,16-17,35H,2,6-7,9-10,14-15H2,1H3. The molecule has 2 fully saturated rings. The van der Waals surface area contributed by atoms with Crippen LogP contribution in [0.15, 0.2) is 36.5 Å². The van der Waals surface area contributed by atoms with Gasteiger partial charge in [0.2, 0.25) is 0 Å². The van der Waals surface area contributed by atoms with Crippen LogP contribution in [-0.4, -0.2) is 46.0 Å². The van der Waals surface area contributed by atoms with Crippen LogP contribution < -0.4 is 9.64 Å². The lowest BCUT2D eigenvalue weighted by Gasteiger charge is -2.33. The molecule has 6 rings (SSSR count). The highest BCUT2D eigenvalue weighted by Crippen LogP contribution is 2.41. The molecule has 1 aliphatic carbocycles. The van der Waals surface area contributed by atoms with Crippen molar-refractivity contribution >= 4 is 33.8 Å². The number of carbonyl (C=O) groups is 1. The molecule has 0 spiro atoms. The van der Waals surface area contributed by atoms with Gasteiger partial charge in [0.15, 0.2) is 12.1 Å². The number of ether oxygens (including phenoxy) is 1. The molecule has 1 saturated carbocycles. The second-order valence-corrected chi connectivity index (χ2v) is 9.80. The van der Waals surface area contributed by atoms with Crippen LogP contribution in [0.5, 0.6) is 11.8 Å². The van der Waals surface area contributed by atoms with E-state index in [0.717, 1.165) is 35.8 Å². The minimum atomic E-state index is -0.607. The Kier molecular flexibility index (Phi) is 5.66. The molecule has 4 aromatic rings. The van der Waals surface area contributed by atoms with E-state index in [9.17, 15) is 9.90 Å². The Bertz CT molecular complexity index is 1480. The number of pyridine rings is 1. The topological polar surface area (TPSA) is 88.4 Å². The molecule has 8 heteroatoms.